The summed E-state index contributed by atoms with van der Waals surface area (Å²) in [6.07, 6.45) is 1.91. The minimum atomic E-state index is -0.121. The predicted molar refractivity (Wildman–Crippen MR) is 72.3 cm³/mol. The lowest BCUT2D eigenvalue weighted by Crippen LogP contribution is -2.27. The monoisotopic (exact) mass is 236 g/mol. The molecule has 0 fully saturated rings. The van der Waals surface area contributed by atoms with Crippen LogP contribution in [0.4, 0.5) is 5.82 Å². The van der Waals surface area contributed by atoms with E-state index < -0.39 is 0 Å². The number of hydrogen-bond acceptors (Lipinski definition) is 3. The summed E-state index contributed by atoms with van der Waals surface area (Å²) in [5, 5.41) is 12.4. The van der Waals surface area contributed by atoms with Gasteiger partial charge in [-0.25, -0.2) is 4.98 Å². The highest BCUT2D eigenvalue weighted by Gasteiger charge is 2.17. The van der Waals surface area contributed by atoms with E-state index in [4.69, 9.17) is 5.11 Å². The predicted octanol–water partition coefficient (Wildman–Crippen LogP) is 2.81. The number of aliphatic hydroxyl groups is 1. The summed E-state index contributed by atoms with van der Waals surface area (Å²) in [6, 6.07) is 4.09. The first kappa shape index (κ1) is 14.0. The van der Waals surface area contributed by atoms with Gasteiger partial charge in [-0.3, -0.25) is 0 Å². The van der Waals surface area contributed by atoms with Gasteiger partial charge in [-0.05, 0) is 17.0 Å². The lowest BCUT2D eigenvalue weighted by Gasteiger charge is -2.23. The smallest absolute Gasteiger partial charge is 0.125 e. The van der Waals surface area contributed by atoms with Crippen LogP contribution in [0.3, 0.4) is 0 Å². The summed E-state index contributed by atoms with van der Waals surface area (Å²) in [5.74, 6) is 0.861. The highest BCUT2D eigenvalue weighted by Crippen LogP contribution is 2.22. The molecule has 0 saturated carbocycles. The van der Waals surface area contributed by atoms with Gasteiger partial charge in [0.15, 0.2) is 0 Å². The Bertz CT molecular complexity index is 349. The highest BCUT2D eigenvalue weighted by molar-refractivity contribution is 5.37. The molecule has 0 aromatic carbocycles. The molecular formula is C14H24N2O. The number of aromatic nitrogens is 1. The molecule has 1 aromatic rings. The van der Waals surface area contributed by atoms with Crippen LogP contribution in [0.2, 0.25) is 0 Å². The molecule has 3 heteroatoms. The van der Waals surface area contributed by atoms with Crippen LogP contribution in [0, 0.1) is 5.41 Å². The van der Waals surface area contributed by atoms with E-state index in [1.807, 2.05) is 26.1 Å². The first-order valence-corrected chi connectivity index (χ1v) is 6.06. The summed E-state index contributed by atoms with van der Waals surface area (Å²) < 4.78 is 0. The Morgan fingerprint density at radius 1 is 1.18 bits per heavy atom. The Kier molecular flexibility index (Phi) is 4.15. The summed E-state index contributed by atoms with van der Waals surface area (Å²) in [4.78, 5) is 4.39. The first-order valence-electron chi connectivity index (χ1n) is 6.06. The summed E-state index contributed by atoms with van der Waals surface area (Å²) >= 11 is 0. The zero-order chi connectivity index (χ0) is 13.1. The highest BCUT2D eigenvalue weighted by atomic mass is 16.3. The summed E-state index contributed by atoms with van der Waals surface area (Å²) in [7, 11) is 0. The Hall–Kier alpha value is -1.09. The zero-order valence-electron chi connectivity index (χ0n) is 11.5. The van der Waals surface area contributed by atoms with E-state index >= 15 is 0 Å². The maximum Gasteiger partial charge on any atom is 0.125 e. The Morgan fingerprint density at radius 2 is 1.82 bits per heavy atom. The SMILES string of the molecule is CC(C)(CO)CNc1ccc(C(C)(C)C)cn1. The molecule has 1 aromatic heterocycles. The fourth-order valence-corrected chi connectivity index (χ4v) is 1.33. The molecule has 1 rings (SSSR count). The second-order valence-electron chi connectivity index (χ2n) is 6.36. The van der Waals surface area contributed by atoms with E-state index in [0.717, 1.165) is 5.82 Å². The van der Waals surface area contributed by atoms with Crippen molar-refractivity contribution in [3.63, 3.8) is 0 Å². The van der Waals surface area contributed by atoms with Gasteiger partial charge in [-0.1, -0.05) is 40.7 Å². The van der Waals surface area contributed by atoms with Gasteiger partial charge in [-0.2, -0.15) is 0 Å². The van der Waals surface area contributed by atoms with Gasteiger partial charge in [0.25, 0.3) is 0 Å². The molecule has 0 unspecified atom stereocenters. The maximum atomic E-state index is 9.16. The fourth-order valence-electron chi connectivity index (χ4n) is 1.33. The van der Waals surface area contributed by atoms with Gasteiger partial charge in [-0.15, -0.1) is 0 Å². The van der Waals surface area contributed by atoms with Crippen LogP contribution >= 0.6 is 0 Å². The van der Waals surface area contributed by atoms with Gasteiger partial charge < -0.3 is 10.4 Å². The van der Waals surface area contributed by atoms with Crippen molar-refractivity contribution >= 4 is 5.82 Å². The number of anilines is 1. The van der Waals surface area contributed by atoms with E-state index in [1.54, 1.807) is 0 Å². The van der Waals surface area contributed by atoms with Crippen LogP contribution in [0.25, 0.3) is 0 Å². The number of rotatable bonds is 4. The van der Waals surface area contributed by atoms with E-state index in [2.05, 4.69) is 37.1 Å². The van der Waals surface area contributed by atoms with Crippen molar-refractivity contribution < 1.29 is 5.11 Å². The molecule has 2 N–H and O–H groups in total. The molecule has 0 atom stereocenters. The van der Waals surface area contributed by atoms with Gasteiger partial charge in [0, 0.05) is 24.8 Å². The lowest BCUT2D eigenvalue weighted by molar-refractivity contribution is 0.170. The average molecular weight is 236 g/mol. The first-order chi connectivity index (χ1) is 7.74. The van der Waals surface area contributed by atoms with Crippen molar-refractivity contribution in [3.8, 4) is 0 Å². The van der Waals surface area contributed by atoms with E-state index in [0.29, 0.717) is 6.54 Å². The molecule has 3 nitrogen and oxygen atoms in total. The number of hydrogen-bond donors (Lipinski definition) is 2. The van der Waals surface area contributed by atoms with Crippen LogP contribution < -0.4 is 5.32 Å². The van der Waals surface area contributed by atoms with Crippen molar-refractivity contribution in [2.75, 3.05) is 18.5 Å². The van der Waals surface area contributed by atoms with Crippen LogP contribution in [0.1, 0.15) is 40.2 Å². The van der Waals surface area contributed by atoms with Crippen molar-refractivity contribution in [3.05, 3.63) is 23.9 Å². The van der Waals surface area contributed by atoms with Gasteiger partial charge in [0.1, 0.15) is 5.82 Å². The van der Waals surface area contributed by atoms with Crippen LogP contribution in [0.15, 0.2) is 18.3 Å². The minimum absolute atomic E-state index is 0.121. The number of aliphatic hydroxyl groups excluding tert-OH is 1. The third-order valence-corrected chi connectivity index (χ3v) is 2.81. The second kappa shape index (κ2) is 5.05. The third-order valence-electron chi connectivity index (χ3n) is 2.81. The summed E-state index contributed by atoms with van der Waals surface area (Å²) in [5.41, 5.74) is 1.24. The second-order valence-corrected chi connectivity index (χ2v) is 6.36. The van der Waals surface area contributed by atoms with Crippen molar-refractivity contribution in [2.24, 2.45) is 5.41 Å². The number of nitrogens with one attached hydrogen (secondary N) is 1. The molecule has 96 valence electrons. The topological polar surface area (TPSA) is 45.1 Å². The van der Waals surface area contributed by atoms with E-state index in [-0.39, 0.29) is 17.4 Å². The molecule has 0 aliphatic carbocycles. The molecule has 1 heterocycles. The molecule has 0 spiro atoms. The van der Waals surface area contributed by atoms with E-state index in [1.165, 1.54) is 5.56 Å². The Labute approximate surface area is 104 Å². The molecule has 17 heavy (non-hydrogen) atoms. The van der Waals surface area contributed by atoms with E-state index in [9.17, 15) is 0 Å². The molecule has 0 amide bonds. The van der Waals surface area contributed by atoms with Crippen molar-refractivity contribution in [2.45, 2.75) is 40.0 Å². The normalized spacial score (nSPS) is 12.6. The molecule has 0 saturated heterocycles. The molecule has 0 aliphatic heterocycles. The standard InChI is InChI=1S/C14H24N2O/c1-13(2,3)11-6-7-12(15-8-11)16-9-14(4,5)10-17/h6-8,17H,9-10H2,1-5H3,(H,15,16). The quantitative estimate of drug-likeness (QED) is 0.845. The maximum absolute atomic E-state index is 9.16. The van der Waals surface area contributed by atoms with Gasteiger partial charge >= 0.3 is 0 Å². The molecule has 0 bridgehead atoms. The Morgan fingerprint density at radius 3 is 2.24 bits per heavy atom. The largest absolute Gasteiger partial charge is 0.396 e. The van der Waals surface area contributed by atoms with Gasteiger partial charge in [0.2, 0.25) is 0 Å². The number of pyridine rings is 1. The van der Waals surface area contributed by atoms with Crippen LogP contribution in [0.5, 0.6) is 0 Å². The third kappa shape index (κ3) is 4.35. The van der Waals surface area contributed by atoms with Crippen LogP contribution in [-0.4, -0.2) is 23.2 Å². The van der Waals surface area contributed by atoms with Gasteiger partial charge in [0.05, 0.1) is 0 Å². The Balaban J connectivity index is 2.64. The zero-order valence-corrected chi connectivity index (χ0v) is 11.5. The van der Waals surface area contributed by atoms with Crippen molar-refractivity contribution in [1.29, 1.82) is 0 Å². The fraction of sp³-hybridized carbons (Fsp3) is 0.643. The molecule has 0 aliphatic rings. The molecular weight excluding hydrogens is 212 g/mol. The summed E-state index contributed by atoms with van der Waals surface area (Å²) in [6.45, 7) is 11.4. The lowest BCUT2D eigenvalue weighted by atomic mass is 9.88. The molecule has 0 radical (unpaired) electrons. The van der Waals surface area contributed by atoms with Crippen molar-refractivity contribution in [1.82, 2.24) is 4.98 Å². The van der Waals surface area contributed by atoms with Crippen LogP contribution in [-0.2, 0) is 5.41 Å². The minimum Gasteiger partial charge on any atom is -0.396 e. The number of nitrogens with zero attached hydrogens (tertiary/aromatic N) is 1. The average Bonchev–Trinajstić information content (AvgIpc) is 2.26.